The molecule has 1 aromatic rings. The lowest BCUT2D eigenvalue weighted by atomic mass is 9.77. The molecule has 0 radical (unpaired) electrons. The van der Waals surface area contributed by atoms with Gasteiger partial charge in [0.15, 0.2) is 0 Å². The zero-order valence-corrected chi connectivity index (χ0v) is 9.19. The van der Waals surface area contributed by atoms with Crippen LogP contribution < -0.4 is 5.73 Å². The van der Waals surface area contributed by atoms with Gasteiger partial charge in [0, 0.05) is 4.88 Å². The standard InChI is InChI=1S/C11H17NOS/c12-7-6-11(4-2-5-11)13-9-10-3-1-8-14-10/h1,3,8H,2,4-7,9,12H2. The summed E-state index contributed by atoms with van der Waals surface area (Å²) in [6.07, 6.45) is 4.69. The minimum atomic E-state index is 0.124. The van der Waals surface area contributed by atoms with Crippen LogP contribution in [-0.4, -0.2) is 12.1 Å². The van der Waals surface area contributed by atoms with Crippen molar-refractivity contribution >= 4 is 11.3 Å². The number of rotatable bonds is 5. The molecule has 0 atom stereocenters. The second-order valence-corrected chi connectivity index (χ2v) is 4.98. The number of hydrogen-bond acceptors (Lipinski definition) is 3. The summed E-state index contributed by atoms with van der Waals surface area (Å²) in [6, 6.07) is 4.19. The molecule has 0 bridgehead atoms. The second-order valence-electron chi connectivity index (χ2n) is 3.94. The Morgan fingerprint density at radius 3 is 2.86 bits per heavy atom. The lowest BCUT2D eigenvalue weighted by molar-refractivity contribution is -0.112. The smallest absolute Gasteiger partial charge is 0.0816 e. The Bertz CT molecular complexity index is 267. The molecule has 1 fully saturated rings. The average Bonchev–Trinajstić information content (AvgIpc) is 2.62. The zero-order chi connectivity index (χ0) is 9.86. The van der Waals surface area contributed by atoms with Crippen molar-refractivity contribution in [2.75, 3.05) is 6.54 Å². The van der Waals surface area contributed by atoms with Crippen LogP contribution in [-0.2, 0) is 11.3 Å². The molecule has 2 rings (SSSR count). The van der Waals surface area contributed by atoms with Gasteiger partial charge in [-0.15, -0.1) is 11.3 Å². The molecule has 2 nitrogen and oxygen atoms in total. The molecule has 0 saturated heterocycles. The van der Waals surface area contributed by atoms with Crippen molar-refractivity contribution in [1.82, 2.24) is 0 Å². The lowest BCUT2D eigenvalue weighted by Crippen LogP contribution is -2.41. The summed E-state index contributed by atoms with van der Waals surface area (Å²) in [4.78, 5) is 1.31. The van der Waals surface area contributed by atoms with Crippen molar-refractivity contribution in [3.8, 4) is 0 Å². The predicted molar refractivity (Wildman–Crippen MR) is 59.4 cm³/mol. The van der Waals surface area contributed by atoms with Crippen molar-refractivity contribution in [3.05, 3.63) is 22.4 Å². The van der Waals surface area contributed by atoms with Crippen LogP contribution >= 0.6 is 11.3 Å². The van der Waals surface area contributed by atoms with E-state index in [1.165, 1.54) is 24.1 Å². The second kappa shape index (κ2) is 4.43. The van der Waals surface area contributed by atoms with Crippen molar-refractivity contribution in [2.24, 2.45) is 5.73 Å². The Hall–Kier alpha value is -0.380. The van der Waals surface area contributed by atoms with E-state index >= 15 is 0 Å². The third-order valence-electron chi connectivity index (χ3n) is 2.97. The van der Waals surface area contributed by atoms with Gasteiger partial charge in [-0.05, 0) is 43.7 Å². The summed E-state index contributed by atoms with van der Waals surface area (Å²) in [5, 5.41) is 2.09. The van der Waals surface area contributed by atoms with Gasteiger partial charge in [0.1, 0.15) is 0 Å². The highest BCUT2D eigenvalue weighted by Gasteiger charge is 2.37. The van der Waals surface area contributed by atoms with E-state index in [9.17, 15) is 0 Å². The van der Waals surface area contributed by atoms with Crippen molar-refractivity contribution in [1.29, 1.82) is 0 Å². The maximum Gasteiger partial charge on any atom is 0.0816 e. The highest BCUT2D eigenvalue weighted by molar-refractivity contribution is 7.09. The fraction of sp³-hybridized carbons (Fsp3) is 0.636. The SMILES string of the molecule is NCCC1(OCc2cccs2)CCC1. The first-order valence-corrected chi connectivity index (χ1v) is 6.09. The highest BCUT2D eigenvalue weighted by Crippen LogP contribution is 2.39. The third-order valence-corrected chi connectivity index (χ3v) is 3.82. The van der Waals surface area contributed by atoms with Gasteiger partial charge in [-0.1, -0.05) is 6.07 Å². The van der Waals surface area contributed by atoms with Crippen LogP contribution in [0.1, 0.15) is 30.6 Å². The number of nitrogens with two attached hydrogens (primary N) is 1. The van der Waals surface area contributed by atoms with E-state index in [0.717, 1.165) is 19.6 Å². The topological polar surface area (TPSA) is 35.2 Å². The van der Waals surface area contributed by atoms with Crippen LogP contribution in [0.15, 0.2) is 17.5 Å². The van der Waals surface area contributed by atoms with Crippen molar-refractivity contribution in [3.63, 3.8) is 0 Å². The first kappa shape index (κ1) is 10.1. The molecule has 1 heterocycles. The van der Waals surface area contributed by atoms with Gasteiger partial charge in [0.25, 0.3) is 0 Å². The van der Waals surface area contributed by atoms with Crippen molar-refractivity contribution in [2.45, 2.75) is 37.9 Å². The molecular formula is C11H17NOS. The van der Waals surface area contributed by atoms with E-state index in [1.54, 1.807) is 11.3 Å². The fourth-order valence-corrected chi connectivity index (χ4v) is 2.54. The lowest BCUT2D eigenvalue weighted by Gasteiger charge is -2.41. The molecule has 14 heavy (non-hydrogen) atoms. The minimum absolute atomic E-state index is 0.124. The Labute approximate surface area is 89.1 Å². The van der Waals surface area contributed by atoms with Gasteiger partial charge in [-0.2, -0.15) is 0 Å². The summed E-state index contributed by atoms with van der Waals surface area (Å²) in [6.45, 7) is 1.50. The minimum Gasteiger partial charge on any atom is -0.369 e. The quantitative estimate of drug-likeness (QED) is 0.812. The molecule has 2 N–H and O–H groups in total. The summed E-state index contributed by atoms with van der Waals surface area (Å²) >= 11 is 1.76. The maximum absolute atomic E-state index is 5.98. The molecule has 0 aromatic carbocycles. The zero-order valence-electron chi connectivity index (χ0n) is 8.37. The van der Waals surface area contributed by atoms with E-state index in [-0.39, 0.29) is 5.60 Å². The van der Waals surface area contributed by atoms with Crippen LogP contribution in [0.5, 0.6) is 0 Å². The summed E-state index contributed by atoms with van der Waals surface area (Å²) < 4.78 is 5.98. The molecule has 0 amide bonds. The van der Waals surface area contributed by atoms with E-state index in [0.29, 0.717) is 0 Å². The van der Waals surface area contributed by atoms with Gasteiger partial charge in [0.05, 0.1) is 12.2 Å². The van der Waals surface area contributed by atoms with E-state index in [1.807, 2.05) is 0 Å². The molecule has 1 aliphatic rings. The van der Waals surface area contributed by atoms with Crippen LogP contribution in [0, 0.1) is 0 Å². The van der Waals surface area contributed by atoms with Crippen LogP contribution in [0.25, 0.3) is 0 Å². The summed E-state index contributed by atoms with van der Waals surface area (Å²) in [7, 11) is 0. The third kappa shape index (κ3) is 2.16. The first-order chi connectivity index (χ1) is 6.85. The monoisotopic (exact) mass is 211 g/mol. The Kier molecular flexibility index (Phi) is 3.21. The largest absolute Gasteiger partial charge is 0.369 e. The highest BCUT2D eigenvalue weighted by atomic mass is 32.1. The van der Waals surface area contributed by atoms with Gasteiger partial charge in [-0.25, -0.2) is 0 Å². The first-order valence-electron chi connectivity index (χ1n) is 5.21. The van der Waals surface area contributed by atoms with Gasteiger partial charge < -0.3 is 10.5 Å². The molecule has 1 aliphatic carbocycles. The number of hydrogen-bond donors (Lipinski definition) is 1. The molecule has 0 aliphatic heterocycles. The van der Waals surface area contributed by atoms with Gasteiger partial charge in [0.2, 0.25) is 0 Å². The average molecular weight is 211 g/mol. The predicted octanol–water partition coefficient (Wildman–Crippen LogP) is 2.54. The number of thiophene rings is 1. The fourth-order valence-electron chi connectivity index (χ4n) is 1.92. The van der Waals surface area contributed by atoms with E-state index in [4.69, 9.17) is 10.5 Å². The molecular weight excluding hydrogens is 194 g/mol. The van der Waals surface area contributed by atoms with E-state index in [2.05, 4.69) is 17.5 Å². The normalized spacial score (nSPS) is 19.2. The summed E-state index contributed by atoms with van der Waals surface area (Å²) in [5.74, 6) is 0. The van der Waals surface area contributed by atoms with Crippen LogP contribution in [0.4, 0.5) is 0 Å². The van der Waals surface area contributed by atoms with Gasteiger partial charge in [-0.3, -0.25) is 0 Å². The van der Waals surface area contributed by atoms with E-state index < -0.39 is 0 Å². The Balaban J connectivity index is 1.83. The van der Waals surface area contributed by atoms with Crippen LogP contribution in [0.3, 0.4) is 0 Å². The molecule has 0 spiro atoms. The van der Waals surface area contributed by atoms with Crippen molar-refractivity contribution < 1.29 is 4.74 Å². The Morgan fingerprint density at radius 1 is 1.50 bits per heavy atom. The number of ether oxygens (including phenoxy) is 1. The summed E-state index contributed by atoms with van der Waals surface area (Å²) in [5.41, 5.74) is 5.72. The van der Waals surface area contributed by atoms with Crippen LogP contribution in [0.2, 0.25) is 0 Å². The molecule has 0 unspecified atom stereocenters. The molecule has 78 valence electrons. The molecule has 1 aromatic heterocycles. The Morgan fingerprint density at radius 2 is 2.36 bits per heavy atom. The van der Waals surface area contributed by atoms with Gasteiger partial charge >= 0.3 is 0 Å². The maximum atomic E-state index is 5.98. The molecule has 3 heteroatoms. The molecule has 1 saturated carbocycles.